The van der Waals surface area contributed by atoms with E-state index < -0.39 is 12.5 Å². The molecule has 0 spiro atoms. The number of ether oxygens (including phenoxy) is 1. The third kappa shape index (κ3) is 2.86. The fourth-order valence-corrected chi connectivity index (χ4v) is 3.20. The van der Waals surface area contributed by atoms with Gasteiger partial charge in [0.05, 0.1) is 6.10 Å². The molecule has 4 heteroatoms. The van der Waals surface area contributed by atoms with Gasteiger partial charge >= 0.3 is 6.36 Å². The van der Waals surface area contributed by atoms with Gasteiger partial charge in [-0.05, 0) is 31.1 Å². The van der Waals surface area contributed by atoms with Crippen molar-refractivity contribution in [2.75, 3.05) is 0 Å². The first kappa shape index (κ1) is 11.2. The largest absolute Gasteiger partial charge is 0.522 e. The van der Waals surface area contributed by atoms with Crippen LogP contribution in [-0.2, 0) is 4.74 Å². The molecule has 2 aliphatic rings. The number of alkyl halides is 3. The first-order chi connectivity index (χ1) is 7.06. The van der Waals surface area contributed by atoms with E-state index in [2.05, 4.69) is 4.74 Å². The smallest absolute Gasteiger partial charge is 0.288 e. The monoisotopic (exact) mass is 222 g/mol. The Balaban J connectivity index is 1.97. The lowest BCUT2D eigenvalue weighted by atomic mass is 9.69. The van der Waals surface area contributed by atoms with E-state index in [0.717, 1.165) is 32.1 Å². The molecule has 2 fully saturated rings. The van der Waals surface area contributed by atoms with Gasteiger partial charge in [-0.15, -0.1) is 13.2 Å². The van der Waals surface area contributed by atoms with E-state index in [1.54, 1.807) is 0 Å². The average Bonchev–Trinajstić information content (AvgIpc) is 2.16. The molecule has 0 heterocycles. The number of halogens is 3. The van der Waals surface area contributed by atoms with Crippen molar-refractivity contribution in [2.45, 2.75) is 57.4 Å². The van der Waals surface area contributed by atoms with Crippen molar-refractivity contribution in [2.24, 2.45) is 11.8 Å². The first-order valence-corrected chi connectivity index (χ1v) is 5.81. The van der Waals surface area contributed by atoms with Gasteiger partial charge in [0.2, 0.25) is 0 Å². The molecule has 0 aromatic rings. The fourth-order valence-electron chi connectivity index (χ4n) is 3.20. The SMILES string of the molecule is FC(F)(F)OC1CCCC2CCCCC21. The summed E-state index contributed by atoms with van der Waals surface area (Å²) in [5, 5.41) is 0. The molecule has 0 radical (unpaired) electrons. The molecule has 0 aromatic carbocycles. The minimum Gasteiger partial charge on any atom is -0.288 e. The van der Waals surface area contributed by atoms with Gasteiger partial charge < -0.3 is 0 Å². The second kappa shape index (κ2) is 4.32. The molecule has 2 saturated carbocycles. The summed E-state index contributed by atoms with van der Waals surface area (Å²) in [6.07, 6.45) is 1.82. The van der Waals surface area contributed by atoms with Gasteiger partial charge in [0.25, 0.3) is 0 Å². The van der Waals surface area contributed by atoms with Crippen LogP contribution < -0.4 is 0 Å². The Morgan fingerprint density at radius 1 is 0.867 bits per heavy atom. The number of hydrogen-bond acceptors (Lipinski definition) is 1. The molecule has 0 saturated heterocycles. The molecular weight excluding hydrogens is 205 g/mol. The molecule has 0 amide bonds. The van der Waals surface area contributed by atoms with Crippen LogP contribution in [0.15, 0.2) is 0 Å². The molecule has 2 aliphatic carbocycles. The van der Waals surface area contributed by atoms with Gasteiger partial charge in [-0.1, -0.05) is 25.7 Å². The second-order valence-electron chi connectivity index (χ2n) is 4.74. The van der Waals surface area contributed by atoms with Crippen molar-refractivity contribution in [3.05, 3.63) is 0 Å². The van der Waals surface area contributed by atoms with Crippen LogP contribution in [-0.4, -0.2) is 12.5 Å². The molecule has 15 heavy (non-hydrogen) atoms. The van der Waals surface area contributed by atoms with Crippen LogP contribution >= 0.6 is 0 Å². The average molecular weight is 222 g/mol. The van der Waals surface area contributed by atoms with E-state index >= 15 is 0 Å². The Bertz CT molecular complexity index is 212. The van der Waals surface area contributed by atoms with E-state index in [1.807, 2.05) is 0 Å². The number of rotatable bonds is 1. The summed E-state index contributed by atoms with van der Waals surface area (Å²) in [4.78, 5) is 0. The van der Waals surface area contributed by atoms with Crippen LogP contribution in [0.1, 0.15) is 44.9 Å². The lowest BCUT2D eigenvalue weighted by Crippen LogP contribution is -2.39. The highest BCUT2D eigenvalue weighted by molar-refractivity contribution is 4.86. The Morgan fingerprint density at radius 2 is 1.53 bits per heavy atom. The first-order valence-electron chi connectivity index (χ1n) is 5.81. The summed E-state index contributed by atoms with van der Waals surface area (Å²) in [5.74, 6) is 0.647. The van der Waals surface area contributed by atoms with E-state index in [0.29, 0.717) is 12.3 Å². The molecule has 3 atom stereocenters. The zero-order valence-corrected chi connectivity index (χ0v) is 8.72. The van der Waals surface area contributed by atoms with Crippen molar-refractivity contribution in [1.29, 1.82) is 0 Å². The molecule has 0 bridgehead atoms. The zero-order chi connectivity index (χ0) is 10.9. The maximum atomic E-state index is 12.2. The molecule has 1 nitrogen and oxygen atoms in total. The van der Waals surface area contributed by atoms with Crippen LogP contribution in [0.5, 0.6) is 0 Å². The zero-order valence-electron chi connectivity index (χ0n) is 8.72. The van der Waals surface area contributed by atoms with Crippen molar-refractivity contribution >= 4 is 0 Å². The minimum atomic E-state index is -4.45. The van der Waals surface area contributed by atoms with Crippen molar-refractivity contribution in [3.8, 4) is 0 Å². The highest BCUT2D eigenvalue weighted by Gasteiger charge is 2.41. The van der Waals surface area contributed by atoms with E-state index in [4.69, 9.17) is 0 Å². The topological polar surface area (TPSA) is 9.23 Å². The van der Waals surface area contributed by atoms with Crippen LogP contribution in [0.4, 0.5) is 13.2 Å². The molecule has 0 N–H and O–H groups in total. The lowest BCUT2D eigenvalue weighted by Gasteiger charge is -2.41. The molecule has 88 valence electrons. The van der Waals surface area contributed by atoms with Gasteiger partial charge in [0, 0.05) is 0 Å². The standard InChI is InChI=1S/C11H17F3O/c12-11(13,14)15-10-7-3-5-8-4-1-2-6-9(8)10/h8-10H,1-7H2. The van der Waals surface area contributed by atoms with Crippen molar-refractivity contribution in [3.63, 3.8) is 0 Å². The van der Waals surface area contributed by atoms with Crippen LogP contribution in [0.2, 0.25) is 0 Å². The van der Waals surface area contributed by atoms with Gasteiger partial charge in [-0.2, -0.15) is 0 Å². The number of hydrogen-bond donors (Lipinski definition) is 0. The molecule has 3 unspecified atom stereocenters. The molecule has 0 aliphatic heterocycles. The Hall–Kier alpha value is -0.250. The predicted molar refractivity (Wildman–Crippen MR) is 50.2 cm³/mol. The van der Waals surface area contributed by atoms with Crippen molar-refractivity contribution < 1.29 is 17.9 Å². The quantitative estimate of drug-likeness (QED) is 0.654. The van der Waals surface area contributed by atoms with Gasteiger partial charge in [-0.25, -0.2) is 0 Å². The summed E-state index contributed by atoms with van der Waals surface area (Å²) in [6, 6.07) is 0. The summed E-state index contributed by atoms with van der Waals surface area (Å²) in [5.41, 5.74) is 0. The Labute approximate surface area is 88.0 Å². The maximum Gasteiger partial charge on any atom is 0.522 e. The van der Waals surface area contributed by atoms with E-state index in [9.17, 15) is 13.2 Å². The summed E-state index contributed by atoms with van der Waals surface area (Å²) in [7, 11) is 0. The maximum absolute atomic E-state index is 12.2. The second-order valence-corrected chi connectivity index (χ2v) is 4.74. The fraction of sp³-hybridized carbons (Fsp3) is 1.00. The minimum absolute atomic E-state index is 0.161. The molecular formula is C11H17F3O. The van der Waals surface area contributed by atoms with E-state index in [-0.39, 0.29) is 5.92 Å². The van der Waals surface area contributed by atoms with Crippen molar-refractivity contribution in [1.82, 2.24) is 0 Å². The van der Waals surface area contributed by atoms with Crippen LogP contribution in [0.25, 0.3) is 0 Å². The van der Waals surface area contributed by atoms with Gasteiger partial charge in [-0.3, -0.25) is 4.74 Å². The van der Waals surface area contributed by atoms with Gasteiger partial charge in [0.15, 0.2) is 0 Å². The van der Waals surface area contributed by atoms with Gasteiger partial charge in [0.1, 0.15) is 0 Å². The van der Waals surface area contributed by atoms with Crippen LogP contribution in [0, 0.1) is 11.8 Å². The Kier molecular flexibility index (Phi) is 3.24. The summed E-state index contributed by atoms with van der Waals surface area (Å²) in [6.45, 7) is 0. The molecule has 2 rings (SSSR count). The summed E-state index contributed by atoms with van der Waals surface area (Å²) >= 11 is 0. The normalized spacial score (nSPS) is 37.4. The lowest BCUT2D eigenvalue weighted by molar-refractivity contribution is -0.353. The predicted octanol–water partition coefficient (Wildman–Crippen LogP) is 3.88. The number of fused-ring (bicyclic) bond motifs is 1. The molecule has 0 aromatic heterocycles. The van der Waals surface area contributed by atoms with E-state index in [1.165, 1.54) is 6.42 Å². The third-order valence-electron chi connectivity index (χ3n) is 3.79. The highest BCUT2D eigenvalue weighted by atomic mass is 19.4. The highest BCUT2D eigenvalue weighted by Crippen LogP contribution is 2.43. The third-order valence-corrected chi connectivity index (χ3v) is 3.79. The van der Waals surface area contributed by atoms with Crippen LogP contribution in [0.3, 0.4) is 0 Å². The summed E-state index contributed by atoms with van der Waals surface area (Å²) < 4.78 is 40.8. The Morgan fingerprint density at radius 3 is 2.27 bits per heavy atom.